The second kappa shape index (κ2) is 6.23. The molecule has 0 saturated carbocycles. The number of carbonyl (C=O) groups excluding carboxylic acids is 2. The van der Waals surface area contributed by atoms with Crippen LogP contribution in [0, 0.1) is 0 Å². The molecule has 0 radical (unpaired) electrons. The Balaban J connectivity index is 1.63. The lowest BCUT2D eigenvalue weighted by molar-refractivity contribution is -0.129. The fraction of sp³-hybridized carbons (Fsp3) is 0.222. The van der Waals surface area contributed by atoms with Gasteiger partial charge < -0.3 is 20.1 Å². The predicted octanol–water partition coefficient (Wildman–Crippen LogP) is 2.81. The van der Waals surface area contributed by atoms with Crippen LogP contribution < -0.4 is 20.1 Å². The van der Waals surface area contributed by atoms with Gasteiger partial charge in [-0.25, -0.2) is 0 Å². The summed E-state index contributed by atoms with van der Waals surface area (Å²) in [6.07, 6.45) is 0. The van der Waals surface area contributed by atoms with Gasteiger partial charge in [-0.3, -0.25) is 9.59 Å². The maximum atomic E-state index is 12.0. The highest BCUT2D eigenvalue weighted by molar-refractivity contribution is 6.01. The number of anilines is 2. The van der Waals surface area contributed by atoms with Crippen LogP contribution in [0.5, 0.6) is 11.5 Å². The van der Waals surface area contributed by atoms with Crippen LogP contribution in [0.2, 0.25) is 0 Å². The largest absolute Gasteiger partial charge is 0.484 e. The summed E-state index contributed by atoms with van der Waals surface area (Å²) in [5, 5.41) is 5.50. The van der Waals surface area contributed by atoms with Crippen molar-refractivity contribution in [3.05, 3.63) is 48.5 Å². The summed E-state index contributed by atoms with van der Waals surface area (Å²) in [6.45, 7) is 3.29. The van der Waals surface area contributed by atoms with E-state index in [4.69, 9.17) is 9.47 Å². The quantitative estimate of drug-likeness (QED) is 0.906. The van der Waals surface area contributed by atoms with E-state index in [1.807, 2.05) is 18.2 Å². The van der Waals surface area contributed by atoms with E-state index in [0.29, 0.717) is 22.9 Å². The second-order valence-corrected chi connectivity index (χ2v) is 5.93. The minimum absolute atomic E-state index is 0.100. The summed E-state index contributed by atoms with van der Waals surface area (Å²) in [5.74, 6) is 0.673. The topological polar surface area (TPSA) is 76.7 Å². The third-order valence-corrected chi connectivity index (χ3v) is 3.54. The van der Waals surface area contributed by atoms with Gasteiger partial charge in [0.05, 0.1) is 5.69 Å². The number of hydrogen-bond acceptors (Lipinski definition) is 4. The molecule has 24 heavy (non-hydrogen) atoms. The van der Waals surface area contributed by atoms with Crippen molar-refractivity contribution in [2.75, 3.05) is 17.2 Å². The summed E-state index contributed by atoms with van der Waals surface area (Å²) in [5.41, 5.74) is 0.168. The van der Waals surface area contributed by atoms with Gasteiger partial charge in [0.25, 0.3) is 11.8 Å². The molecule has 0 atom stereocenters. The summed E-state index contributed by atoms with van der Waals surface area (Å²) >= 11 is 0. The van der Waals surface area contributed by atoms with Crippen molar-refractivity contribution in [2.24, 2.45) is 0 Å². The Morgan fingerprint density at radius 2 is 1.96 bits per heavy atom. The van der Waals surface area contributed by atoms with E-state index in [1.54, 1.807) is 44.2 Å². The van der Waals surface area contributed by atoms with E-state index >= 15 is 0 Å². The van der Waals surface area contributed by atoms with Gasteiger partial charge in [0.15, 0.2) is 12.2 Å². The number of benzene rings is 2. The van der Waals surface area contributed by atoms with Gasteiger partial charge in [0.2, 0.25) is 0 Å². The van der Waals surface area contributed by atoms with Crippen LogP contribution in [0.25, 0.3) is 0 Å². The maximum absolute atomic E-state index is 12.0. The van der Waals surface area contributed by atoms with E-state index in [-0.39, 0.29) is 18.4 Å². The van der Waals surface area contributed by atoms with Gasteiger partial charge >= 0.3 is 0 Å². The Bertz CT molecular complexity index is 772. The summed E-state index contributed by atoms with van der Waals surface area (Å²) < 4.78 is 11.0. The highest BCUT2D eigenvalue weighted by Crippen LogP contribution is 2.35. The monoisotopic (exact) mass is 326 g/mol. The Labute approximate surface area is 139 Å². The summed E-state index contributed by atoms with van der Waals surface area (Å²) in [7, 11) is 0. The lowest BCUT2D eigenvalue weighted by Gasteiger charge is -2.31. The van der Waals surface area contributed by atoms with Gasteiger partial charge in [0.1, 0.15) is 11.5 Å². The molecule has 2 aromatic carbocycles. The van der Waals surface area contributed by atoms with E-state index in [1.165, 1.54) is 0 Å². The fourth-order valence-electron chi connectivity index (χ4n) is 2.25. The Hall–Kier alpha value is -3.02. The third kappa shape index (κ3) is 3.48. The fourth-order valence-corrected chi connectivity index (χ4v) is 2.25. The standard InChI is InChI=1S/C18H18N2O4/c1-18(2)17(22)20-14-10-12(8-9-15(14)24-18)19-16(21)11-23-13-6-4-3-5-7-13/h3-10H,11H2,1-2H3,(H,19,21)(H,20,22). The highest BCUT2D eigenvalue weighted by Gasteiger charge is 2.35. The van der Waals surface area contributed by atoms with Crippen LogP contribution >= 0.6 is 0 Å². The number of para-hydroxylation sites is 1. The molecule has 2 N–H and O–H groups in total. The maximum Gasteiger partial charge on any atom is 0.268 e. The van der Waals surface area contributed by atoms with Crippen LogP contribution in [-0.2, 0) is 9.59 Å². The van der Waals surface area contributed by atoms with Crippen molar-refractivity contribution in [1.82, 2.24) is 0 Å². The molecule has 2 aromatic rings. The molecule has 6 heteroatoms. The van der Waals surface area contributed by atoms with Crippen molar-refractivity contribution in [3.63, 3.8) is 0 Å². The molecule has 0 saturated heterocycles. The Kier molecular flexibility index (Phi) is 4.12. The first-order chi connectivity index (χ1) is 11.4. The first-order valence-corrected chi connectivity index (χ1v) is 7.56. The smallest absolute Gasteiger partial charge is 0.268 e. The first-order valence-electron chi connectivity index (χ1n) is 7.56. The number of amides is 2. The number of nitrogens with one attached hydrogen (secondary N) is 2. The second-order valence-electron chi connectivity index (χ2n) is 5.93. The lowest BCUT2D eigenvalue weighted by atomic mass is 10.1. The van der Waals surface area contributed by atoms with E-state index < -0.39 is 5.60 Å². The van der Waals surface area contributed by atoms with Crippen molar-refractivity contribution in [2.45, 2.75) is 19.4 Å². The molecule has 0 spiro atoms. The van der Waals surface area contributed by atoms with Crippen molar-refractivity contribution in [1.29, 1.82) is 0 Å². The van der Waals surface area contributed by atoms with Gasteiger partial charge in [-0.2, -0.15) is 0 Å². The SMILES string of the molecule is CC1(C)Oc2ccc(NC(=O)COc3ccccc3)cc2NC1=O. The third-order valence-electron chi connectivity index (χ3n) is 3.54. The predicted molar refractivity (Wildman–Crippen MR) is 90.3 cm³/mol. The molecular weight excluding hydrogens is 308 g/mol. The molecule has 0 aromatic heterocycles. The van der Waals surface area contributed by atoms with Crippen molar-refractivity contribution >= 4 is 23.2 Å². The van der Waals surface area contributed by atoms with E-state index in [9.17, 15) is 9.59 Å². The van der Waals surface area contributed by atoms with Crippen LogP contribution in [0.1, 0.15) is 13.8 Å². The highest BCUT2D eigenvalue weighted by atomic mass is 16.5. The molecule has 1 aliphatic heterocycles. The number of rotatable bonds is 4. The zero-order valence-electron chi connectivity index (χ0n) is 13.5. The number of carbonyl (C=O) groups is 2. The average Bonchev–Trinajstić information content (AvgIpc) is 2.55. The van der Waals surface area contributed by atoms with Crippen LogP contribution in [0.4, 0.5) is 11.4 Å². The number of hydrogen-bond donors (Lipinski definition) is 2. The Morgan fingerprint density at radius 3 is 2.71 bits per heavy atom. The molecule has 0 bridgehead atoms. The molecule has 0 unspecified atom stereocenters. The lowest BCUT2D eigenvalue weighted by Crippen LogP contribution is -2.45. The molecule has 1 aliphatic rings. The summed E-state index contributed by atoms with van der Waals surface area (Å²) in [6, 6.07) is 14.2. The van der Waals surface area contributed by atoms with Gasteiger partial charge in [-0.15, -0.1) is 0 Å². The van der Waals surface area contributed by atoms with Crippen LogP contribution in [0.15, 0.2) is 48.5 Å². The number of fused-ring (bicyclic) bond motifs is 1. The van der Waals surface area contributed by atoms with Crippen LogP contribution in [0.3, 0.4) is 0 Å². The zero-order chi connectivity index (χ0) is 17.2. The van der Waals surface area contributed by atoms with E-state index in [0.717, 1.165) is 0 Å². The molecule has 6 nitrogen and oxygen atoms in total. The van der Waals surface area contributed by atoms with Crippen molar-refractivity contribution in [3.8, 4) is 11.5 Å². The molecule has 3 rings (SSSR count). The van der Waals surface area contributed by atoms with E-state index in [2.05, 4.69) is 10.6 Å². The molecule has 2 amide bonds. The molecule has 0 fully saturated rings. The molecule has 124 valence electrons. The molecular formula is C18H18N2O4. The van der Waals surface area contributed by atoms with Gasteiger partial charge in [0, 0.05) is 5.69 Å². The van der Waals surface area contributed by atoms with Gasteiger partial charge in [-0.05, 0) is 44.2 Å². The van der Waals surface area contributed by atoms with Crippen molar-refractivity contribution < 1.29 is 19.1 Å². The van der Waals surface area contributed by atoms with Gasteiger partial charge in [-0.1, -0.05) is 18.2 Å². The van der Waals surface area contributed by atoms with Crippen LogP contribution in [-0.4, -0.2) is 24.0 Å². The number of ether oxygens (including phenoxy) is 2. The molecule has 0 aliphatic carbocycles. The zero-order valence-corrected chi connectivity index (χ0v) is 13.5. The first kappa shape index (κ1) is 15.9. The minimum atomic E-state index is -0.915. The average molecular weight is 326 g/mol. The molecule has 1 heterocycles. The Morgan fingerprint density at radius 1 is 1.21 bits per heavy atom. The minimum Gasteiger partial charge on any atom is -0.484 e. The summed E-state index contributed by atoms with van der Waals surface area (Å²) in [4.78, 5) is 23.9. The normalized spacial score (nSPS) is 14.8.